The van der Waals surface area contributed by atoms with Gasteiger partial charge in [-0.3, -0.25) is 4.79 Å². The Hall–Kier alpha value is -1.62. The zero-order valence-electron chi connectivity index (χ0n) is 10.9. The molecule has 4 nitrogen and oxygen atoms in total. The summed E-state index contributed by atoms with van der Waals surface area (Å²) in [6.45, 7) is 2.44. The van der Waals surface area contributed by atoms with Gasteiger partial charge in [0.2, 0.25) is 0 Å². The zero-order valence-corrected chi connectivity index (χ0v) is 10.9. The molecule has 5 heteroatoms. The monoisotopic (exact) mass is 254 g/mol. The van der Waals surface area contributed by atoms with Crippen molar-refractivity contribution in [3.63, 3.8) is 0 Å². The lowest BCUT2D eigenvalue weighted by atomic mass is 10.1. The third-order valence-electron chi connectivity index (χ3n) is 2.96. The van der Waals surface area contributed by atoms with Crippen LogP contribution in [0.2, 0.25) is 0 Å². The van der Waals surface area contributed by atoms with Gasteiger partial charge in [0.1, 0.15) is 0 Å². The van der Waals surface area contributed by atoms with Crippen LogP contribution in [-0.2, 0) is 0 Å². The number of amides is 1. The van der Waals surface area contributed by atoms with Crippen LogP contribution in [0.15, 0.2) is 18.2 Å². The summed E-state index contributed by atoms with van der Waals surface area (Å²) in [5.74, 6) is -0.582. The molecule has 1 aromatic rings. The van der Waals surface area contributed by atoms with E-state index < -0.39 is 5.82 Å². The molecule has 100 valence electrons. The Morgan fingerprint density at radius 2 is 2.22 bits per heavy atom. The summed E-state index contributed by atoms with van der Waals surface area (Å²) in [7, 11) is 3.08. The molecule has 18 heavy (non-hydrogen) atoms. The molecule has 0 saturated carbocycles. The van der Waals surface area contributed by atoms with Crippen LogP contribution in [-0.4, -0.2) is 37.6 Å². The third-order valence-corrected chi connectivity index (χ3v) is 2.96. The van der Waals surface area contributed by atoms with Crippen LogP contribution in [0.25, 0.3) is 0 Å². The van der Waals surface area contributed by atoms with E-state index in [1.165, 1.54) is 25.3 Å². The highest BCUT2D eigenvalue weighted by Gasteiger charge is 2.18. The lowest BCUT2D eigenvalue weighted by Crippen LogP contribution is -2.36. The third kappa shape index (κ3) is 3.20. The molecule has 0 saturated heterocycles. The first-order valence-electron chi connectivity index (χ1n) is 5.82. The van der Waals surface area contributed by atoms with Crippen LogP contribution < -0.4 is 10.5 Å². The Balaban J connectivity index is 2.90. The number of nitrogens with zero attached hydrogens (tertiary/aromatic N) is 1. The molecule has 0 spiro atoms. The molecule has 0 fully saturated rings. The van der Waals surface area contributed by atoms with Gasteiger partial charge in [-0.05, 0) is 38.1 Å². The highest BCUT2D eigenvalue weighted by Crippen LogP contribution is 2.19. The first kappa shape index (κ1) is 14.4. The van der Waals surface area contributed by atoms with Gasteiger partial charge in [0, 0.05) is 18.7 Å². The number of ether oxygens (including phenoxy) is 1. The summed E-state index contributed by atoms with van der Waals surface area (Å²) in [6, 6.07) is 4.13. The molecular weight excluding hydrogens is 235 g/mol. The van der Waals surface area contributed by atoms with E-state index in [1.807, 2.05) is 6.92 Å². The van der Waals surface area contributed by atoms with Crippen molar-refractivity contribution < 1.29 is 13.9 Å². The lowest BCUT2D eigenvalue weighted by molar-refractivity contribution is 0.0738. The Labute approximate surface area is 107 Å². The molecule has 0 bridgehead atoms. The van der Waals surface area contributed by atoms with E-state index >= 15 is 0 Å². The van der Waals surface area contributed by atoms with E-state index in [9.17, 15) is 9.18 Å². The number of hydrogen-bond acceptors (Lipinski definition) is 3. The molecule has 0 radical (unpaired) electrons. The number of nitrogens with two attached hydrogens (primary N) is 1. The Morgan fingerprint density at radius 1 is 1.56 bits per heavy atom. The molecule has 0 heterocycles. The average molecular weight is 254 g/mol. The van der Waals surface area contributed by atoms with Gasteiger partial charge < -0.3 is 15.4 Å². The molecule has 0 aliphatic heterocycles. The second-order valence-corrected chi connectivity index (χ2v) is 4.19. The summed E-state index contributed by atoms with van der Waals surface area (Å²) in [5, 5.41) is 0. The molecule has 1 rings (SSSR count). The van der Waals surface area contributed by atoms with E-state index in [2.05, 4.69) is 0 Å². The summed E-state index contributed by atoms with van der Waals surface area (Å²) >= 11 is 0. The fourth-order valence-electron chi connectivity index (χ4n) is 1.63. The smallest absolute Gasteiger partial charge is 0.253 e. The van der Waals surface area contributed by atoms with E-state index in [0.29, 0.717) is 12.1 Å². The highest BCUT2D eigenvalue weighted by molar-refractivity contribution is 5.94. The normalized spacial score (nSPS) is 12.1. The first-order valence-corrected chi connectivity index (χ1v) is 5.82. The number of carbonyl (C=O) groups is 1. The minimum absolute atomic E-state index is 0.0403. The summed E-state index contributed by atoms with van der Waals surface area (Å²) in [4.78, 5) is 13.7. The predicted molar refractivity (Wildman–Crippen MR) is 68.2 cm³/mol. The zero-order chi connectivity index (χ0) is 13.7. The maximum Gasteiger partial charge on any atom is 0.253 e. The van der Waals surface area contributed by atoms with Gasteiger partial charge in [-0.2, -0.15) is 0 Å². The van der Waals surface area contributed by atoms with Crippen LogP contribution in [0.3, 0.4) is 0 Å². The van der Waals surface area contributed by atoms with Crippen LogP contribution in [0.4, 0.5) is 4.39 Å². The van der Waals surface area contributed by atoms with Crippen molar-refractivity contribution in [3.8, 4) is 5.75 Å². The van der Waals surface area contributed by atoms with Crippen LogP contribution in [0, 0.1) is 5.82 Å². The minimum Gasteiger partial charge on any atom is -0.494 e. The number of rotatable bonds is 5. The Kier molecular flexibility index (Phi) is 5.09. The molecule has 0 aliphatic rings. The van der Waals surface area contributed by atoms with Gasteiger partial charge in [-0.1, -0.05) is 0 Å². The molecular formula is C13H19FN2O2. The first-order chi connectivity index (χ1) is 8.51. The molecule has 1 atom stereocenters. The SMILES string of the molecule is COc1cc(C(=O)N(C)C(C)CCN)ccc1F. The minimum atomic E-state index is -0.480. The number of benzene rings is 1. The van der Waals surface area contributed by atoms with E-state index in [-0.39, 0.29) is 17.7 Å². The Bertz CT molecular complexity index is 423. The van der Waals surface area contributed by atoms with Crippen molar-refractivity contribution in [1.82, 2.24) is 4.90 Å². The molecule has 0 aliphatic carbocycles. The van der Waals surface area contributed by atoms with Crippen LogP contribution in [0.1, 0.15) is 23.7 Å². The number of methoxy groups -OCH3 is 1. The summed E-state index contributed by atoms with van der Waals surface area (Å²) in [6.07, 6.45) is 0.723. The standard InChI is InChI=1S/C13H19FN2O2/c1-9(6-7-15)16(2)13(17)10-4-5-11(14)12(8-10)18-3/h4-5,8-9H,6-7,15H2,1-3H3. The van der Waals surface area contributed by atoms with Gasteiger partial charge in [0.25, 0.3) is 5.91 Å². The van der Waals surface area contributed by atoms with Crippen molar-refractivity contribution in [2.75, 3.05) is 20.7 Å². The van der Waals surface area contributed by atoms with Crippen molar-refractivity contribution >= 4 is 5.91 Å². The number of hydrogen-bond donors (Lipinski definition) is 1. The summed E-state index contributed by atoms with van der Waals surface area (Å²) < 4.78 is 18.1. The van der Waals surface area contributed by atoms with E-state index in [1.54, 1.807) is 11.9 Å². The van der Waals surface area contributed by atoms with Crippen molar-refractivity contribution in [3.05, 3.63) is 29.6 Å². The van der Waals surface area contributed by atoms with Gasteiger partial charge in [-0.15, -0.1) is 0 Å². The van der Waals surface area contributed by atoms with E-state index in [4.69, 9.17) is 10.5 Å². The van der Waals surface area contributed by atoms with Crippen molar-refractivity contribution in [1.29, 1.82) is 0 Å². The molecule has 2 N–H and O–H groups in total. The van der Waals surface area contributed by atoms with Gasteiger partial charge >= 0.3 is 0 Å². The van der Waals surface area contributed by atoms with Crippen molar-refractivity contribution in [2.45, 2.75) is 19.4 Å². The van der Waals surface area contributed by atoms with E-state index in [0.717, 1.165) is 6.42 Å². The fraction of sp³-hybridized carbons (Fsp3) is 0.462. The van der Waals surface area contributed by atoms with Gasteiger partial charge in [0.05, 0.1) is 7.11 Å². The molecule has 1 unspecified atom stereocenters. The van der Waals surface area contributed by atoms with Crippen LogP contribution >= 0.6 is 0 Å². The second-order valence-electron chi connectivity index (χ2n) is 4.19. The maximum atomic E-state index is 13.2. The van der Waals surface area contributed by atoms with Crippen LogP contribution in [0.5, 0.6) is 5.75 Å². The molecule has 0 aromatic heterocycles. The average Bonchev–Trinajstić information content (AvgIpc) is 2.38. The quantitative estimate of drug-likeness (QED) is 0.869. The maximum absolute atomic E-state index is 13.2. The molecule has 1 amide bonds. The summed E-state index contributed by atoms with van der Waals surface area (Å²) in [5.41, 5.74) is 5.87. The highest BCUT2D eigenvalue weighted by atomic mass is 19.1. The number of carbonyl (C=O) groups excluding carboxylic acids is 1. The second kappa shape index (κ2) is 6.35. The van der Waals surface area contributed by atoms with Gasteiger partial charge in [-0.25, -0.2) is 4.39 Å². The predicted octanol–water partition coefficient (Wildman–Crippen LogP) is 1.64. The van der Waals surface area contributed by atoms with Crippen molar-refractivity contribution in [2.24, 2.45) is 5.73 Å². The lowest BCUT2D eigenvalue weighted by Gasteiger charge is -2.24. The fourth-order valence-corrected chi connectivity index (χ4v) is 1.63. The number of halogens is 1. The topological polar surface area (TPSA) is 55.6 Å². The largest absolute Gasteiger partial charge is 0.494 e. The van der Waals surface area contributed by atoms with Gasteiger partial charge in [0.15, 0.2) is 11.6 Å². The molecule has 1 aromatic carbocycles. The Morgan fingerprint density at radius 3 is 2.78 bits per heavy atom.